The van der Waals surface area contributed by atoms with Crippen LogP contribution in [-0.4, -0.2) is 34.5 Å². The summed E-state index contributed by atoms with van der Waals surface area (Å²) in [5.74, 6) is 0.251. The second-order valence-electron chi connectivity index (χ2n) is 7.23. The Morgan fingerprint density at radius 1 is 0.912 bits per heavy atom. The number of rotatable bonds is 6. The summed E-state index contributed by atoms with van der Waals surface area (Å²) in [6.45, 7) is 2.60. The van der Waals surface area contributed by atoms with Gasteiger partial charge in [-0.1, -0.05) is 0 Å². The Morgan fingerprint density at radius 3 is 2.00 bits per heavy atom. The Balaban J connectivity index is 1.85. The van der Waals surface area contributed by atoms with Crippen molar-refractivity contribution in [2.24, 2.45) is 0 Å². The Bertz CT molecular complexity index is 1340. The number of hydrogen-bond acceptors (Lipinski definition) is 5. The van der Waals surface area contributed by atoms with Gasteiger partial charge < -0.3 is 0 Å². The predicted octanol–water partition coefficient (Wildman–Crippen LogP) is 3.06. The number of nitrogens with one attached hydrogen (secondary N) is 1. The molecule has 15 heteroatoms. The zero-order valence-corrected chi connectivity index (χ0v) is 18.4. The van der Waals surface area contributed by atoms with Crippen LogP contribution in [0.15, 0.2) is 46.1 Å². The van der Waals surface area contributed by atoms with E-state index in [-0.39, 0.29) is 30.6 Å². The standard InChI is InChI=1S/C19H17F6N5O3S/c1-11-7-12(2)30(27-11)16-3-4-17(31)29(28-16)6-5-26-34(32,33)15-9-13(18(20,21)22)8-14(10-15)19(23,24)25/h3-4,7-10,26H,5-6H2,1-2H3. The van der Waals surface area contributed by atoms with Crippen LogP contribution in [0.25, 0.3) is 5.82 Å². The van der Waals surface area contributed by atoms with Crippen molar-refractivity contribution in [1.82, 2.24) is 24.3 Å². The number of halogens is 6. The second-order valence-corrected chi connectivity index (χ2v) is 9.00. The van der Waals surface area contributed by atoms with E-state index in [0.717, 1.165) is 10.7 Å². The maximum absolute atomic E-state index is 13.0. The topological polar surface area (TPSA) is 98.9 Å². The van der Waals surface area contributed by atoms with Crippen LogP contribution in [0.2, 0.25) is 0 Å². The van der Waals surface area contributed by atoms with Crippen molar-refractivity contribution in [3.63, 3.8) is 0 Å². The molecule has 0 atom stereocenters. The summed E-state index contributed by atoms with van der Waals surface area (Å²) in [5.41, 5.74) is -2.75. The normalized spacial score (nSPS) is 12.8. The molecule has 0 bridgehead atoms. The lowest BCUT2D eigenvalue weighted by molar-refractivity contribution is -0.143. The largest absolute Gasteiger partial charge is 0.416 e. The molecular weight excluding hydrogens is 492 g/mol. The predicted molar refractivity (Wildman–Crippen MR) is 107 cm³/mol. The summed E-state index contributed by atoms with van der Waals surface area (Å²) >= 11 is 0. The highest BCUT2D eigenvalue weighted by molar-refractivity contribution is 7.89. The van der Waals surface area contributed by atoms with Gasteiger partial charge in [0.2, 0.25) is 10.0 Å². The Morgan fingerprint density at radius 2 is 1.50 bits per heavy atom. The monoisotopic (exact) mass is 509 g/mol. The molecule has 2 aromatic heterocycles. The first-order valence-electron chi connectivity index (χ1n) is 9.49. The molecule has 0 unspecified atom stereocenters. The third kappa shape index (κ3) is 5.64. The SMILES string of the molecule is Cc1cc(C)n(-c2ccc(=O)n(CCNS(=O)(=O)c3cc(C(F)(F)F)cc(C(F)(F)F)c3)n2)n1. The highest BCUT2D eigenvalue weighted by Crippen LogP contribution is 2.37. The molecule has 184 valence electrons. The van der Waals surface area contributed by atoms with Crippen molar-refractivity contribution in [3.05, 3.63) is 69.3 Å². The van der Waals surface area contributed by atoms with Crippen molar-refractivity contribution in [2.45, 2.75) is 37.6 Å². The van der Waals surface area contributed by atoms with Gasteiger partial charge in [0, 0.05) is 18.3 Å². The summed E-state index contributed by atoms with van der Waals surface area (Å²) in [6, 6.07) is 4.35. The van der Waals surface area contributed by atoms with Gasteiger partial charge in [-0.25, -0.2) is 22.5 Å². The van der Waals surface area contributed by atoms with E-state index in [1.54, 1.807) is 19.9 Å². The molecule has 0 aliphatic rings. The molecule has 0 spiro atoms. The molecule has 2 heterocycles. The van der Waals surface area contributed by atoms with Crippen LogP contribution in [-0.2, 0) is 28.9 Å². The molecule has 0 fully saturated rings. The third-order valence-electron chi connectivity index (χ3n) is 4.57. The number of benzene rings is 1. The summed E-state index contributed by atoms with van der Waals surface area (Å²) in [4.78, 5) is 10.9. The number of hydrogen-bond donors (Lipinski definition) is 1. The van der Waals surface area contributed by atoms with Gasteiger partial charge in [0.05, 0.1) is 28.3 Å². The highest BCUT2D eigenvalue weighted by Gasteiger charge is 2.38. The van der Waals surface area contributed by atoms with Gasteiger partial charge in [-0.15, -0.1) is 5.10 Å². The number of sulfonamides is 1. The van der Waals surface area contributed by atoms with Crippen molar-refractivity contribution in [1.29, 1.82) is 0 Å². The summed E-state index contributed by atoms with van der Waals surface area (Å²) in [7, 11) is -4.79. The molecule has 3 rings (SSSR count). The van der Waals surface area contributed by atoms with Gasteiger partial charge in [-0.2, -0.15) is 31.4 Å². The quantitative estimate of drug-likeness (QED) is 0.515. The molecule has 0 radical (unpaired) electrons. The van der Waals surface area contributed by atoms with Crippen LogP contribution < -0.4 is 10.3 Å². The average Bonchev–Trinajstić information content (AvgIpc) is 3.05. The first kappa shape index (κ1) is 25.4. The average molecular weight is 509 g/mol. The van der Waals surface area contributed by atoms with E-state index in [4.69, 9.17) is 0 Å². The van der Waals surface area contributed by atoms with Crippen LogP contribution in [0.4, 0.5) is 26.3 Å². The fourth-order valence-corrected chi connectivity index (χ4v) is 4.11. The number of alkyl halides is 6. The van der Waals surface area contributed by atoms with Gasteiger partial charge in [0.15, 0.2) is 5.82 Å². The van der Waals surface area contributed by atoms with Crippen molar-refractivity contribution in [2.75, 3.05) is 6.54 Å². The smallest absolute Gasteiger partial charge is 0.268 e. The van der Waals surface area contributed by atoms with Gasteiger partial charge in [0.25, 0.3) is 5.56 Å². The Labute approximate surface area is 188 Å². The molecule has 1 aromatic carbocycles. The lowest BCUT2D eigenvalue weighted by atomic mass is 10.1. The molecule has 34 heavy (non-hydrogen) atoms. The molecule has 0 aliphatic heterocycles. The Hall–Kier alpha value is -3.20. The van der Waals surface area contributed by atoms with E-state index in [9.17, 15) is 39.6 Å². The molecule has 3 aromatic rings. The van der Waals surface area contributed by atoms with E-state index < -0.39 is 50.5 Å². The van der Waals surface area contributed by atoms with E-state index in [2.05, 4.69) is 10.2 Å². The number of aromatic nitrogens is 4. The zero-order valence-electron chi connectivity index (χ0n) is 17.6. The van der Waals surface area contributed by atoms with E-state index in [1.807, 2.05) is 4.72 Å². The second kappa shape index (κ2) is 8.87. The molecule has 0 saturated carbocycles. The Kier molecular flexibility index (Phi) is 6.63. The fraction of sp³-hybridized carbons (Fsp3) is 0.316. The first-order chi connectivity index (χ1) is 15.6. The minimum atomic E-state index is -5.20. The maximum Gasteiger partial charge on any atom is 0.416 e. The van der Waals surface area contributed by atoms with Gasteiger partial charge in [-0.05, 0) is 44.2 Å². The summed E-state index contributed by atoms with van der Waals surface area (Å²) in [5, 5.41) is 8.28. The van der Waals surface area contributed by atoms with Gasteiger partial charge >= 0.3 is 12.4 Å². The van der Waals surface area contributed by atoms with Crippen molar-refractivity contribution < 1.29 is 34.8 Å². The molecule has 0 amide bonds. The molecular formula is C19H17F6N5O3S. The first-order valence-corrected chi connectivity index (χ1v) is 11.0. The molecule has 0 aliphatic carbocycles. The van der Waals surface area contributed by atoms with E-state index in [1.165, 1.54) is 10.7 Å². The molecule has 0 saturated heterocycles. The zero-order chi connectivity index (χ0) is 25.5. The maximum atomic E-state index is 13.0. The summed E-state index contributed by atoms with van der Waals surface area (Å²) in [6.07, 6.45) is -10.4. The van der Waals surface area contributed by atoms with Gasteiger partial charge in [0.1, 0.15) is 0 Å². The van der Waals surface area contributed by atoms with E-state index >= 15 is 0 Å². The molecule has 8 nitrogen and oxygen atoms in total. The van der Waals surface area contributed by atoms with Crippen molar-refractivity contribution >= 4 is 10.0 Å². The fourth-order valence-electron chi connectivity index (χ4n) is 3.02. The third-order valence-corrected chi connectivity index (χ3v) is 6.01. The minimum absolute atomic E-state index is 0.103. The van der Waals surface area contributed by atoms with Crippen LogP contribution in [0, 0.1) is 13.8 Å². The summed E-state index contributed by atoms with van der Waals surface area (Å²) < 4.78 is 107. The lowest BCUT2D eigenvalue weighted by Gasteiger charge is -2.15. The van der Waals surface area contributed by atoms with Crippen LogP contribution in [0.1, 0.15) is 22.5 Å². The van der Waals surface area contributed by atoms with E-state index in [0.29, 0.717) is 11.4 Å². The van der Waals surface area contributed by atoms with Crippen LogP contribution in [0.5, 0.6) is 0 Å². The van der Waals surface area contributed by atoms with Crippen LogP contribution in [0.3, 0.4) is 0 Å². The number of aryl methyl sites for hydroxylation is 2. The van der Waals surface area contributed by atoms with Gasteiger partial charge in [-0.3, -0.25) is 4.79 Å². The van der Waals surface area contributed by atoms with Crippen LogP contribution >= 0.6 is 0 Å². The minimum Gasteiger partial charge on any atom is -0.268 e. The highest BCUT2D eigenvalue weighted by atomic mass is 32.2. The van der Waals surface area contributed by atoms with Crippen molar-refractivity contribution in [3.8, 4) is 5.82 Å². The lowest BCUT2D eigenvalue weighted by Crippen LogP contribution is -2.32. The molecule has 1 N–H and O–H groups in total. The number of nitrogens with zero attached hydrogens (tertiary/aromatic N) is 4.